The van der Waals surface area contributed by atoms with Gasteiger partial charge in [0.05, 0.1) is 11.1 Å². The number of benzene rings is 1. The lowest BCUT2D eigenvalue weighted by molar-refractivity contribution is 0.134. The van der Waals surface area contributed by atoms with Crippen LogP contribution < -0.4 is 4.74 Å². The van der Waals surface area contributed by atoms with Crippen LogP contribution in [0.5, 0.6) is 5.75 Å². The van der Waals surface area contributed by atoms with Gasteiger partial charge in [-0.2, -0.15) is 4.31 Å². The van der Waals surface area contributed by atoms with Crippen molar-refractivity contribution < 1.29 is 13.2 Å². The summed E-state index contributed by atoms with van der Waals surface area (Å²) in [6.45, 7) is 0.949. The molecule has 0 unspecified atom stereocenters. The summed E-state index contributed by atoms with van der Waals surface area (Å²) in [5.41, 5.74) is 0. The van der Waals surface area contributed by atoms with E-state index in [1.807, 2.05) is 18.2 Å². The minimum absolute atomic E-state index is 0.0337. The first-order valence-electron chi connectivity index (χ1n) is 7.28. The number of nitrogens with zero attached hydrogens (tertiary/aromatic N) is 2. The second-order valence-electron chi connectivity index (χ2n) is 5.22. The fourth-order valence-corrected chi connectivity index (χ4v) is 4.03. The number of piperidine rings is 1. The number of rotatable bonds is 4. The minimum atomic E-state index is -3.39. The molecule has 6 heteroatoms. The van der Waals surface area contributed by atoms with Gasteiger partial charge in [-0.1, -0.05) is 18.2 Å². The molecule has 22 heavy (non-hydrogen) atoms. The van der Waals surface area contributed by atoms with E-state index in [9.17, 15) is 8.42 Å². The maximum atomic E-state index is 12.5. The highest BCUT2D eigenvalue weighted by Crippen LogP contribution is 2.23. The van der Waals surface area contributed by atoms with Gasteiger partial charge in [0.25, 0.3) is 0 Å². The van der Waals surface area contributed by atoms with Crippen molar-refractivity contribution in [1.82, 2.24) is 9.29 Å². The summed E-state index contributed by atoms with van der Waals surface area (Å²) < 4.78 is 32.4. The van der Waals surface area contributed by atoms with Gasteiger partial charge in [0.15, 0.2) is 0 Å². The van der Waals surface area contributed by atoms with E-state index in [1.165, 1.54) is 4.31 Å². The van der Waals surface area contributed by atoms with Gasteiger partial charge in [-0.25, -0.2) is 8.42 Å². The molecule has 0 aliphatic carbocycles. The van der Waals surface area contributed by atoms with Crippen molar-refractivity contribution in [2.45, 2.75) is 23.8 Å². The average molecular weight is 318 g/mol. The van der Waals surface area contributed by atoms with Crippen LogP contribution in [0.25, 0.3) is 0 Å². The van der Waals surface area contributed by atoms with E-state index >= 15 is 0 Å². The van der Waals surface area contributed by atoms with Gasteiger partial charge in [0, 0.05) is 19.3 Å². The zero-order chi connectivity index (χ0) is 15.4. The number of aromatic nitrogens is 1. The van der Waals surface area contributed by atoms with Gasteiger partial charge >= 0.3 is 0 Å². The van der Waals surface area contributed by atoms with Gasteiger partial charge < -0.3 is 4.74 Å². The van der Waals surface area contributed by atoms with Crippen LogP contribution in [0.15, 0.2) is 59.8 Å². The Balaban J connectivity index is 1.62. The number of pyridine rings is 1. The van der Waals surface area contributed by atoms with Crippen molar-refractivity contribution in [1.29, 1.82) is 0 Å². The summed E-state index contributed by atoms with van der Waals surface area (Å²) in [4.78, 5) is 4.36. The molecular weight excluding hydrogens is 300 g/mol. The summed E-state index contributed by atoms with van der Waals surface area (Å²) in [6.07, 6.45) is 4.77. The molecule has 116 valence electrons. The van der Waals surface area contributed by atoms with Crippen LogP contribution in [-0.4, -0.2) is 36.9 Å². The molecule has 2 aromatic rings. The number of sulfonamides is 1. The first kappa shape index (κ1) is 15.0. The summed E-state index contributed by atoms with van der Waals surface area (Å²) in [7, 11) is -3.39. The summed E-state index contributed by atoms with van der Waals surface area (Å²) in [5, 5.41) is 0. The number of ether oxygens (including phenoxy) is 1. The molecular formula is C16H18N2O3S. The van der Waals surface area contributed by atoms with E-state index in [1.54, 1.807) is 36.7 Å². The highest BCUT2D eigenvalue weighted by Gasteiger charge is 2.29. The van der Waals surface area contributed by atoms with E-state index < -0.39 is 10.0 Å². The molecule has 1 aliphatic rings. The standard InChI is InChI=1S/C16H18N2O3S/c19-22(20,16-6-2-1-3-7-16)18-11-8-14(9-12-18)21-15-5-4-10-17-13-15/h1-7,10,13-14H,8-9,11-12H2. The zero-order valence-corrected chi connectivity index (χ0v) is 12.9. The molecule has 3 rings (SSSR count). The predicted octanol–water partition coefficient (Wildman–Crippen LogP) is 2.31. The first-order chi connectivity index (χ1) is 10.7. The predicted molar refractivity (Wildman–Crippen MR) is 83.1 cm³/mol. The third-order valence-corrected chi connectivity index (χ3v) is 5.63. The second-order valence-corrected chi connectivity index (χ2v) is 7.16. The van der Waals surface area contributed by atoms with Gasteiger partial charge in [0.2, 0.25) is 10.0 Å². The van der Waals surface area contributed by atoms with Crippen LogP contribution in [0.4, 0.5) is 0 Å². The molecule has 1 fully saturated rings. The monoisotopic (exact) mass is 318 g/mol. The van der Waals surface area contributed by atoms with Crippen molar-refractivity contribution in [3.05, 3.63) is 54.9 Å². The highest BCUT2D eigenvalue weighted by molar-refractivity contribution is 7.89. The van der Waals surface area contributed by atoms with E-state index in [-0.39, 0.29) is 6.10 Å². The molecule has 1 aromatic carbocycles. The van der Waals surface area contributed by atoms with Crippen molar-refractivity contribution >= 4 is 10.0 Å². The quantitative estimate of drug-likeness (QED) is 0.868. The van der Waals surface area contributed by atoms with Crippen LogP contribution in [0.3, 0.4) is 0 Å². The Morgan fingerprint density at radius 3 is 2.41 bits per heavy atom. The zero-order valence-electron chi connectivity index (χ0n) is 12.1. The molecule has 5 nitrogen and oxygen atoms in total. The van der Waals surface area contributed by atoms with Gasteiger partial charge in [-0.15, -0.1) is 0 Å². The van der Waals surface area contributed by atoms with Crippen LogP contribution in [-0.2, 0) is 10.0 Å². The Bertz CT molecular complexity index is 697. The number of hydrogen-bond acceptors (Lipinski definition) is 4. The Morgan fingerprint density at radius 1 is 1.05 bits per heavy atom. The molecule has 0 atom stereocenters. The molecule has 1 saturated heterocycles. The van der Waals surface area contributed by atoms with Crippen molar-refractivity contribution in [3.63, 3.8) is 0 Å². The van der Waals surface area contributed by atoms with Crippen molar-refractivity contribution in [2.75, 3.05) is 13.1 Å². The molecule has 0 saturated carbocycles. The van der Waals surface area contributed by atoms with Gasteiger partial charge in [-0.05, 0) is 37.1 Å². The molecule has 0 spiro atoms. The molecule has 0 N–H and O–H groups in total. The minimum Gasteiger partial charge on any atom is -0.489 e. The van der Waals surface area contributed by atoms with Crippen LogP contribution >= 0.6 is 0 Å². The van der Waals surface area contributed by atoms with Crippen LogP contribution in [0, 0.1) is 0 Å². The summed E-state index contributed by atoms with van der Waals surface area (Å²) in [5.74, 6) is 0.729. The lowest BCUT2D eigenvalue weighted by Gasteiger charge is -2.31. The SMILES string of the molecule is O=S(=O)(c1ccccc1)N1CCC(Oc2cccnc2)CC1. The first-order valence-corrected chi connectivity index (χ1v) is 8.72. The highest BCUT2D eigenvalue weighted by atomic mass is 32.2. The molecule has 0 amide bonds. The van der Waals surface area contributed by atoms with Crippen LogP contribution in [0.1, 0.15) is 12.8 Å². The Morgan fingerprint density at radius 2 is 1.77 bits per heavy atom. The lowest BCUT2D eigenvalue weighted by Crippen LogP contribution is -2.41. The Kier molecular flexibility index (Phi) is 4.40. The maximum absolute atomic E-state index is 12.5. The molecule has 0 bridgehead atoms. The molecule has 0 radical (unpaired) electrons. The Hall–Kier alpha value is -1.92. The normalized spacial score (nSPS) is 17.3. The van der Waals surface area contributed by atoms with E-state index in [2.05, 4.69) is 4.98 Å². The second kappa shape index (κ2) is 6.46. The van der Waals surface area contributed by atoms with Gasteiger partial charge in [0.1, 0.15) is 11.9 Å². The summed E-state index contributed by atoms with van der Waals surface area (Å²) >= 11 is 0. The van der Waals surface area contributed by atoms with Crippen LogP contribution in [0.2, 0.25) is 0 Å². The topological polar surface area (TPSA) is 59.5 Å². The maximum Gasteiger partial charge on any atom is 0.243 e. The number of hydrogen-bond donors (Lipinski definition) is 0. The fourth-order valence-electron chi connectivity index (χ4n) is 2.54. The average Bonchev–Trinajstić information content (AvgIpc) is 2.57. The molecule has 1 aromatic heterocycles. The Labute approximate surface area is 130 Å². The van der Waals surface area contributed by atoms with Gasteiger partial charge in [-0.3, -0.25) is 4.98 Å². The smallest absolute Gasteiger partial charge is 0.243 e. The van der Waals surface area contributed by atoms with Crippen molar-refractivity contribution in [3.8, 4) is 5.75 Å². The third kappa shape index (κ3) is 3.28. The lowest BCUT2D eigenvalue weighted by atomic mass is 10.1. The molecule has 1 aliphatic heterocycles. The summed E-state index contributed by atoms with van der Waals surface area (Å²) in [6, 6.07) is 12.2. The van der Waals surface area contributed by atoms with E-state index in [0.29, 0.717) is 30.8 Å². The van der Waals surface area contributed by atoms with E-state index in [4.69, 9.17) is 4.74 Å². The fraction of sp³-hybridized carbons (Fsp3) is 0.312. The van der Waals surface area contributed by atoms with Crippen molar-refractivity contribution in [2.24, 2.45) is 0 Å². The molecule has 2 heterocycles. The van der Waals surface area contributed by atoms with E-state index in [0.717, 1.165) is 5.75 Å². The third-order valence-electron chi connectivity index (χ3n) is 3.72. The largest absolute Gasteiger partial charge is 0.489 e.